The van der Waals surface area contributed by atoms with Crippen molar-refractivity contribution in [2.45, 2.75) is 4.21 Å². The van der Waals surface area contributed by atoms with Crippen molar-refractivity contribution < 1.29 is 22.7 Å². The van der Waals surface area contributed by atoms with Crippen LogP contribution in [0.25, 0.3) is 0 Å². The Balaban J connectivity index is 1.59. The van der Waals surface area contributed by atoms with Crippen molar-refractivity contribution in [3.05, 3.63) is 77.2 Å². The number of anilines is 1. The third kappa shape index (κ3) is 5.34. The van der Waals surface area contributed by atoms with Crippen molar-refractivity contribution in [1.29, 1.82) is 5.26 Å². The van der Waals surface area contributed by atoms with E-state index >= 15 is 0 Å². The average Bonchev–Trinajstić information content (AvgIpc) is 3.28. The van der Waals surface area contributed by atoms with Crippen molar-refractivity contribution in [1.82, 2.24) is 0 Å². The lowest BCUT2D eigenvalue weighted by Gasteiger charge is -2.12. The average molecular weight is 428 g/mol. The summed E-state index contributed by atoms with van der Waals surface area (Å²) in [6, 6.07) is 17.9. The van der Waals surface area contributed by atoms with Gasteiger partial charge in [-0.15, -0.1) is 11.3 Å². The Morgan fingerprint density at radius 1 is 1.03 bits per heavy atom. The summed E-state index contributed by atoms with van der Waals surface area (Å²) >= 11 is 1.08. The molecule has 1 aromatic heterocycles. The second kappa shape index (κ2) is 9.23. The molecule has 148 valence electrons. The number of carbonyl (C=O) groups is 1. The van der Waals surface area contributed by atoms with Crippen LogP contribution in [0.2, 0.25) is 0 Å². The highest BCUT2D eigenvalue weighted by molar-refractivity contribution is 7.94. The zero-order valence-electron chi connectivity index (χ0n) is 15.1. The lowest BCUT2D eigenvalue weighted by Crippen LogP contribution is -2.17. The third-order valence-corrected chi connectivity index (χ3v) is 6.48. The molecule has 0 aliphatic heterocycles. The zero-order chi connectivity index (χ0) is 20.7. The molecule has 0 saturated carbocycles. The SMILES string of the molecule is N#Cc1ccc(OCCOC(=O)c2ccccc2NS(=O)(=O)c2cccs2)cc1. The first-order valence-electron chi connectivity index (χ1n) is 8.45. The van der Waals surface area contributed by atoms with E-state index in [9.17, 15) is 13.2 Å². The van der Waals surface area contributed by atoms with Crippen molar-refractivity contribution >= 4 is 33.0 Å². The van der Waals surface area contributed by atoms with E-state index in [1.54, 1.807) is 47.8 Å². The Bertz CT molecular complexity index is 1120. The first-order chi connectivity index (χ1) is 14.0. The van der Waals surface area contributed by atoms with Gasteiger partial charge in [0.2, 0.25) is 0 Å². The van der Waals surface area contributed by atoms with Crippen LogP contribution in [0.15, 0.2) is 70.3 Å². The van der Waals surface area contributed by atoms with Crippen LogP contribution >= 0.6 is 11.3 Å². The minimum absolute atomic E-state index is 0.0230. The second-order valence-electron chi connectivity index (χ2n) is 5.70. The molecule has 0 bridgehead atoms. The number of benzene rings is 2. The number of rotatable bonds is 8. The number of sulfonamides is 1. The molecule has 29 heavy (non-hydrogen) atoms. The topological polar surface area (TPSA) is 105 Å². The number of nitriles is 1. The highest BCUT2D eigenvalue weighted by Crippen LogP contribution is 2.23. The van der Waals surface area contributed by atoms with Gasteiger partial charge in [0, 0.05) is 0 Å². The molecule has 0 spiro atoms. The Kier molecular flexibility index (Phi) is 6.49. The van der Waals surface area contributed by atoms with E-state index in [0.717, 1.165) is 11.3 Å². The van der Waals surface area contributed by atoms with E-state index in [1.807, 2.05) is 6.07 Å². The number of hydrogen-bond acceptors (Lipinski definition) is 7. The predicted octanol–water partition coefficient (Wildman–Crippen LogP) is 3.66. The summed E-state index contributed by atoms with van der Waals surface area (Å²) in [6.45, 7) is 0.0889. The predicted molar refractivity (Wildman–Crippen MR) is 109 cm³/mol. The van der Waals surface area contributed by atoms with Gasteiger partial charge in [0.15, 0.2) is 0 Å². The molecular weight excluding hydrogens is 412 g/mol. The zero-order valence-corrected chi connectivity index (χ0v) is 16.7. The molecule has 0 atom stereocenters. The summed E-state index contributed by atoms with van der Waals surface area (Å²) in [7, 11) is -3.78. The molecule has 0 aliphatic carbocycles. The minimum Gasteiger partial charge on any atom is -0.490 e. The molecule has 0 radical (unpaired) electrons. The Labute approximate surface area is 172 Å². The van der Waals surface area contributed by atoms with Gasteiger partial charge >= 0.3 is 5.97 Å². The van der Waals surface area contributed by atoms with Crippen LogP contribution in [0.3, 0.4) is 0 Å². The van der Waals surface area contributed by atoms with Gasteiger partial charge in [-0.2, -0.15) is 5.26 Å². The van der Waals surface area contributed by atoms with Crippen LogP contribution in [-0.4, -0.2) is 27.6 Å². The Hall–Kier alpha value is -3.35. The summed E-state index contributed by atoms with van der Waals surface area (Å²) < 4.78 is 38.0. The number of thiophene rings is 1. The van der Waals surface area contributed by atoms with Gasteiger partial charge in [0.25, 0.3) is 10.0 Å². The summed E-state index contributed by atoms with van der Waals surface area (Å²) in [5.41, 5.74) is 0.760. The van der Waals surface area contributed by atoms with Crippen LogP contribution in [0, 0.1) is 11.3 Å². The summed E-state index contributed by atoms with van der Waals surface area (Å²) in [4.78, 5) is 12.4. The van der Waals surface area contributed by atoms with E-state index in [1.165, 1.54) is 18.2 Å². The third-order valence-electron chi connectivity index (χ3n) is 3.72. The minimum atomic E-state index is -3.78. The smallest absolute Gasteiger partial charge is 0.340 e. The van der Waals surface area contributed by atoms with Crippen molar-refractivity contribution in [2.75, 3.05) is 17.9 Å². The van der Waals surface area contributed by atoms with Crippen LogP contribution < -0.4 is 9.46 Å². The fourth-order valence-electron chi connectivity index (χ4n) is 2.36. The van der Waals surface area contributed by atoms with E-state index in [-0.39, 0.29) is 28.7 Å². The molecule has 3 rings (SSSR count). The van der Waals surface area contributed by atoms with Gasteiger partial charge in [-0.1, -0.05) is 18.2 Å². The van der Waals surface area contributed by atoms with Crippen molar-refractivity contribution in [2.24, 2.45) is 0 Å². The summed E-state index contributed by atoms with van der Waals surface area (Å²) in [5.74, 6) is -0.123. The Morgan fingerprint density at radius 2 is 1.79 bits per heavy atom. The van der Waals surface area contributed by atoms with Crippen molar-refractivity contribution in [3.63, 3.8) is 0 Å². The van der Waals surface area contributed by atoms with E-state index in [4.69, 9.17) is 14.7 Å². The molecule has 7 nitrogen and oxygen atoms in total. The van der Waals surface area contributed by atoms with E-state index in [0.29, 0.717) is 11.3 Å². The van der Waals surface area contributed by atoms with Crippen molar-refractivity contribution in [3.8, 4) is 11.8 Å². The summed E-state index contributed by atoms with van der Waals surface area (Å²) in [6.07, 6.45) is 0. The maximum Gasteiger partial charge on any atom is 0.340 e. The lowest BCUT2D eigenvalue weighted by atomic mass is 10.2. The molecule has 1 N–H and O–H groups in total. The summed E-state index contributed by atoms with van der Waals surface area (Å²) in [5, 5.41) is 10.4. The monoisotopic (exact) mass is 428 g/mol. The molecule has 0 fully saturated rings. The standard InChI is InChI=1S/C20H16N2O5S2/c21-14-15-7-9-16(10-8-15)26-11-12-27-20(23)17-4-1-2-5-18(17)22-29(24,25)19-6-3-13-28-19/h1-10,13,22H,11-12H2. The highest BCUT2D eigenvalue weighted by atomic mass is 32.2. The van der Waals surface area contributed by atoms with Gasteiger partial charge < -0.3 is 9.47 Å². The first-order valence-corrected chi connectivity index (χ1v) is 10.8. The number of nitrogens with one attached hydrogen (secondary N) is 1. The van der Waals surface area contributed by atoms with E-state index < -0.39 is 16.0 Å². The highest BCUT2D eigenvalue weighted by Gasteiger charge is 2.20. The molecule has 2 aromatic carbocycles. The largest absolute Gasteiger partial charge is 0.490 e. The van der Waals surface area contributed by atoms with Crippen LogP contribution in [0.4, 0.5) is 5.69 Å². The molecule has 0 unspecified atom stereocenters. The number of carbonyl (C=O) groups excluding carboxylic acids is 1. The Morgan fingerprint density at radius 3 is 2.48 bits per heavy atom. The van der Waals surface area contributed by atoms with Gasteiger partial charge in [0.05, 0.1) is 22.9 Å². The van der Waals surface area contributed by atoms with Gasteiger partial charge in [0.1, 0.15) is 23.2 Å². The fourth-order valence-corrected chi connectivity index (χ4v) is 4.43. The molecule has 1 heterocycles. The second-order valence-corrected chi connectivity index (χ2v) is 8.56. The number of nitrogens with zero attached hydrogens (tertiary/aromatic N) is 1. The van der Waals surface area contributed by atoms with Gasteiger partial charge in [-0.3, -0.25) is 4.72 Å². The normalized spacial score (nSPS) is 10.7. The lowest BCUT2D eigenvalue weighted by molar-refractivity contribution is 0.0451. The maximum absolute atomic E-state index is 12.4. The molecule has 0 aliphatic rings. The van der Waals surface area contributed by atoms with Crippen LogP contribution in [-0.2, 0) is 14.8 Å². The molecular formula is C20H16N2O5S2. The molecule has 0 saturated heterocycles. The van der Waals surface area contributed by atoms with E-state index in [2.05, 4.69) is 4.72 Å². The number of ether oxygens (including phenoxy) is 2. The molecule has 9 heteroatoms. The number of para-hydroxylation sites is 1. The maximum atomic E-state index is 12.4. The first kappa shape index (κ1) is 20.4. The number of hydrogen-bond donors (Lipinski definition) is 1. The molecule has 0 amide bonds. The fraction of sp³-hybridized carbons (Fsp3) is 0.100. The quantitative estimate of drug-likeness (QED) is 0.434. The van der Waals surface area contributed by atoms with Crippen LogP contribution in [0.5, 0.6) is 5.75 Å². The van der Waals surface area contributed by atoms with Gasteiger partial charge in [-0.05, 0) is 47.8 Å². The molecule has 3 aromatic rings. The van der Waals surface area contributed by atoms with Gasteiger partial charge in [-0.25, -0.2) is 13.2 Å². The van der Waals surface area contributed by atoms with Crippen LogP contribution in [0.1, 0.15) is 15.9 Å². The number of esters is 1.